The monoisotopic (exact) mass is 294 g/mol. The van der Waals surface area contributed by atoms with Crippen LogP contribution in [0.15, 0.2) is 91.0 Å². The van der Waals surface area contributed by atoms with E-state index in [1.165, 1.54) is 27.5 Å². The molecule has 0 spiro atoms. The lowest BCUT2D eigenvalue weighted by Gasteiger charge is -2.23. The van der Waals surface area contributed by atoms with E-state index >= 15 is 0 Å². The lowest BCUT2D eigenvalue weighted by Crippen LogP contribution is -2.11. The largest absolute Gasteiger partial charge is 0.0796 e. The van der Waals surface area contributed by atoms with Crippen LogP contribution in [0.2, 0.25) is 0 Å². The summed E-state index contributed by atoms with van der Waals surface area (Å²) in [5.41, 5.74) is 4.46. The first-order valence-corrected chi connectivity index (χ1v) is 8.35. The van der Waals surface area contributed by atoms with Crippen molar-refractivity contribution >= 4 is 10.8 Å². The van der Waals surface area contributed by atoms with Gasteiger partial charge in [0.1, 0.15) is 0 Å². The normalized spacial score (nSPS) is 24.6. The van der Waals surface area contributed by atoms with Crippen LogP contribution < -0.4 is 0 Å². The first-order valence-electron chi connectivity index (χ1n) is 8.35. The Balaban J connectivity index is 1.84. The van der Waals surface area contributed by atoms with Gasteiger partial charge in [-0.05, 0) is 33.4 Å². The van der Waals surface area contributed by atoms with Gasteiger partial charge in [0.2, 0.25) is 0 Å². The third-order valence-electron chi connectivity index (χ3n) is 5.40. The fraction of sp³-hybridized carbons (Fsp3) is 0.130. The van der Waals surface area contributed by atoms with Crippen LogP contribution in [-0.4, -0.2) is 0 Å². The van der Waals surface area contributed by atoms with E-state index in [0.29, 0.717) is 17.8 Å². The Morgan fingerprint density at radius 3 is 2.35 bits per heavy atom. The molecular formula is C23H18. The quantitative estimate of drug-likeness (QED) is 0.531. The van der Waals surface area contributed by atoms with Crippen molar-refractivity contribution in [2.75, 3.05) is 0 Å². The van der Waals surface area contributed by atoms with Gasteiger partial charge in [-0.15, -0.1) is 0 Å². The second kappa shape index (κ2) is 4.96. The highest BCUT2D eigenvalue weighted by Crippen LogP contribution is 2.54. The molecule has 0 heterocycles. The minimum atomic E-state index is 0.448. The van der Waals surface area contributed by atoms with Gasteiger partial charge >= 0.3 is 0 Å². The standard InChI is InChI=1S/C23H18/c1-2-9-17(10-3-1)22-20-13-7-6-12-19(20)21-15-14-16-8-4-5-11-18(16)23(21)22/h1-15,19-20,22H/t19-,20+,22+/m1/s1. The molecule has 3 atom stereocenters. The molecule has 0 saturated heterocycles. The van der Waals surface area contributed by atoms with Crippen LogP contribution in [0.3, 0.4) is 0 Å². The molecular weight excluding hydrogens is 276 g/mol. The molecule has 2 aliphatic rings. The summed E-state index contributed by atoms with van der Waals surface area (Å²) in [7, 11) is 0. The SMILES string of the molecule is C1=C[C@@H]2[C@H](c3ccccc3)c3c(ccc4ccccc34)[C@@H]2C=C1. The van der Waals surface area contributed by atoms with Crippen LogP contribution in [-0.2, 0) is 0 Å². The van der Waals surface area contributed by atoms with Crippen molar-refractivity contribution in [1.29, 1.82) is 0 Å². The first-order chi connectivity index (χ1) is 11.4. The van der Waals surface area contributed by atoms with Gasteiger partial charge in [0.05, 0.1) is 0 Å². The minimum absolute atomic E-state index is 0.448. The van der Waals surface area contributed by atoms with Gasteiger partial charge < -0.3 is 0 Å². The molecule has 110 valence electrons. The number of rotatable bonds is 1. The summed E-state index contributed by atoms with van der Waals surface area (Å²) in [5, 5.41) is 2.76. The molecule has 0 bridgehead atoms. The Kier molecular flexibility index (Phi) is 2.78. The third kappa shape index (κ3) is 1.85. The van der Waals surface area contributed by atoms with Gasteiger partial charge in [-0.25, -0.2) is 0 Å². The predicted molar refractivity (Wildman–Crippen MR) is 96.7 cm³/mol. The predicted octanol–water partition coefficient (Wildman–Crippen LogP) is 5.81. The van der Waals surface area contributed by atoms with Crippen LogP contribution in [0, 0.1) is 5.92 Å². The number of allylic oxidation sites excluding steroid dienone is 4. The fourth-order valence-electron chi connectivity index (χ4n) is 4.45. The maximum atomic E-state index is 2.40. The molecule has 0 fully saturated rings. The number of hydrogen-bond acceptors (Lipinski definition) is 0. The average molecular weight is 294 g/mol. The first kappa shape index (κ1) is 12.9. The van der Waals surface area contributed by atoms with Crippen molar-refractivity contribution < 1.29 is 0 Å². The number of hydrogen-bond donors (Lipinski definition) is 0. The van der Waals surface area contributed by atoms with Crippen LogP contribution in [0.25, 0.3) is 10.8 Å². The molecule has 0 nitrogen and oxygen atoms in total. The summed E-state index contributed by atoms with van der Waals surface area (Å²) in [6.07, 6.45) is 9.19. The molecule has 3 aromatic rings. The van der Waals surface area contributed by atoms with Crippen molar-refractivity contribution in [2.24, 2.45) is 5.92 Å². The van der Waals surface area contributed by atoms with Crippen molar-refractivity contribution in [3.63, 3.8) is 0 Å². The van der Waals surface area contributed by atoms with Gasteiger partial charge in [-0.2, -0.15) is 0 Å². The Hall–Kier alpha value is -2.60. The van der Waals surface area contributed by atoms with Crippen LogP contribution >= 0.6 is 0 Å². The Labute approximate surface area is 136 Å². The van der Waals surface area contributed by atoms with E-state index in [1.54, 1.807) is 0 Å². The zero-order valence-electron chi connectivity index (χ0n) is 12.9. The molecule has 0 unspecified atom stereocenters. The molecule has 0 radical (unpaired) electrons. The lowest BCUT2D eigenvalue weighted by molar-refractivity contribution is 0.568. The Morgan fingerprint density at radius 1 is 0.652 bits per heavy atom. The van der Waals surface area contributed by atoms with Gasteiger partial charge in [0, 0.05) is 11.8 Å². The van der Waals surface area contributed by atoms with Gasteiger partial charge in [0.25, 0.3) is 0 Å². The van der Waals surface area contributed by atoms with Crippen LogP contribution in [0.1, 0.15) is 28.5 Å². The van der Waals surface area contributed by atoms with E-state index in [2.05, 4.69) is 91.0 Å². The van der Waals surface area contributed by atoms with Crippen molar-refractivity contribution in [3.05, 3.63) is 108 Å². The maximum Gasteiger partial charge on any atom is 0.0170 e. The summed E-state index contributed by atoms with van der Waals surface area (Å²) >= 11 is 0. The Bertz CT molecular complexity index is 931. The number of benzene rings is 3. The summed E-state index contributed by atoms with van der Waals surface area (Å²) in [5.74, 6) is 1.48. The number of fused-ring (bicyclic) bond motifs is 5. The van der Waals surface area contributed by atoms with Crippen LogP contribution in [0.4, 0.5) is 0 Å². The molecule has 0 N–H and O–H groups in total. The van der Waals surface area contributed by atoms with Crippen molar-refractivity contribution in [3.8, 4) is 0 Å². The van der Waals surface area contributed by atoms with E-state index in [1.807, 2.05) is 0 Å². The molecule has 0 amide bonds. The molecule has 0 heteroatoms. The molecule has 23 heavy (non-hydrogen) atoms. The highest BCUT2D eigenvalue weighted by molar-refractivity contribution is 5.89. The smallest absolute Gasteiger partial charge is 0.0170 e. The van der Waals surface area contributed by atoms with Crippen molar-refractivity contribution in [2.45, 2.75) is 11.8 Å². The van der Waals surface area contributed by atoms with E-state index in [9.17, 15) is 0 Å². The molecule has 0 saturated carbocycles. The Morgan fingerprint density at radius 2 is 1.43 bits per heavy atom. The lowest BCUT2D eigenvalue weighted by atomic mass is 9.80. The highest BCUT2D eigenvalue weighted by atomic mass is 14.4. The maximum absolute atomic E-state index is 2.40. The molecule has 0 aromatic heterocycles. The second-order valence-corrected chi connectivity index (χ2v) is 6.55. The van der Waals surface area contributed by atoms with Crippen LogP contribution in [0.5, 0.6) is 0 Å². The van der Waals surface area contributed by atoms with Crippen molar-refractivity contribution in [1.82, 2.24) is 0 Å². The van der Waals surface area contributed by atoms with E-state index in [4.69, 9.17) is 0 Å². The zero-order chi connectivity index (χ0) is 15.2. The third-order valence-corrected chi connectivity index (χ3v) is 5.40. The summed E-state index contributed by atoms with van der Waals surface area (Å²) in [4.78, 5) is 0. The summed E-state index contributed by atoms with van der Waals surface area (Å²) in [6.45, 7) is 0. The second-order valence-electron chi connectivity index (χ2n) is 6.55. The summed E-state index contributed by atoms with van der Waals surface area (Å²) in [6, 6.07) is 24.4. The van der Waals surface area contributed by atoms with Gasteiger partial charge in [-0.1, -0.05) is 91.0 Å². The van der Waals surface area contributed by atoms with E-state index < -0.39 is 0 Å². The highest BCUT2D eigenvalue weighted by Gasteiger charge is 2.40. The minimum Gasteiger partial charge on any atom is -0.0796 e. The molecule has 2 aliphatic carbocycles. The topological polar surface area (TPSA) is 0 Å². The van der Waals surface area contributed by atoms with E-state index in [0.717, 1.165) is 0 Å². The van der Waals surface area contributed by atoms with Gasteiger partial charge in [0.15, 0.2) is 0 Å². The summed E-state index contributed by atoms with van der Waals surface area (Å²) < 4.78 is 0. The zero-order valence-corrected chi connectivity index (χ0v) is 12.9. The average Bonchev–Trinajstić information content (AvgIpc) is 2.97. The van der Waals surface area contributed by atoms with E-state index in [-0.39, 0.29) is 0 Å². The molecule has 3 aromatic carbocycles. The fourth-order valence-corrected chi connectivity index (χ4v) is 4.45. The van der Waals surface area contributed by atoms with Gasteiger partial charge in [-0.3, -0.25) is 0 Å². The molecule has 0 aliphatic heterocycles. The molecule has 5 rings (SSSR count).